The van der Waals surface area contributed by atoms with E-state index in [9.17, 15) is 5.11 Å². The molecule has 5 nitrogen and oxygen atoms in total. The van der Waals surface area contributed by atoms with Crippen molar-refractivity contribution in [1.29, 1.82) is 0 Å². The summed E-state index contributed by atoms with van der Waals surface area (Å²) in [6, 6.07) is 8.00. The van der Waals surface area contributed by atoms with Crippen LogP contribution in [-0.2, 0) is 6.54 Å². The van der Waals surface area contributed by atoms with E-state index in [4.69, 9.17) is 4.42 Å². The van der Waals surface area contributed by atoms with Crippen molar-refractivity contribution in [2.75, 3.05) is 13.1 Å². The fourth-order valence-corrected chi connectivity index (χ4v) is 2.44. The minimum absolute atomic E-state index is 0.528. The van der Waals surface area contributed by atoms with Gasteiger partial charge in [0.2, 0.25) is 11.8 Å². The molecule has 3 rings (SSSR count). The van der Waals surface area contributed by atoms with Crippen LogP contribution in [0.25, 0.3) is 11.5 Å². The predicted octanol–water partition coefficient (Wildman–Crippen LogP) is 2.00. The first kappa shape index (κ1) is 13.3. The molecule has 1 aliphatic heterocycles. The second-order valence-electron chi connectivity index (χ2n) is 5.59. The summed E-state index contributed by atoms with van der Waals surface area (Å²) in [5, 5.41) is 18.1. The molecule has 106 valence electrons. The van der Waals surface area contributed by atoms with Gasteiger partial charge in [0.05, 0.1) is 12.1 Å². The van der Waals surface area contributed by atoms with Gasteiger partial charge in [-0.25, -0.2) is 0 Å². The van der Waals surface area contributed by atoms with Crippen LogP contribution in [0.2, 0.25) is 0 Å². The topological polar surface area (TPSA) is 62.4 Å². The Morgan fingerprint density at radius 2 is 1.95 bits per heavy atom. The van der Waals surface area contributed by atoms with Crippen molar-refractivity contribution in [2.45, 2.75) is 32.4 Å². The average molecular weight is 273 g/mol. The summed E-state index contributed by atoms with van der Waals surface area (Å²) in [5.41, 5.74) is 1.61. The van der Waals surface area contributed by atoms with Gasteiger partial charge in [-0.1, -0.05) is 24.6 Å². The Hall–Kier alpha value is -1.72. The van der Waals surface area contributed by atoms with E-state index in [-0.39, 0.29) is 0 Å². The summed E-state index contributed by atoms with van der Waals surface area (Å²) < 4.78 is 5.67. The van der Waals surface area contributed by atoms with Gasteiger partial charge in [0.1, 0.15) is 0 Å². The molecule has 0 radical (unpaired) electrons. The highest BCUT2D eigenvalue weighted by Gasteiger charge is 2.39. The monoisotopic (exact) mass is 273 g/mol. The highest BCUT2D eigenvalue weighted by molar-refractivity contribution is 5.52. The van der Waals surface area contributed by atoms with Crippen LogP contribution in [0.15, 0.2) is 28.7 Å². The third kappa shape index (κ3) is 2.59. The molecule has 1 aliphatic rings. The Labute approximate surface area is 118 Å². The number of hydrogen-bond donors (Lipinski definition) is 1. The lowest BCUT2D eigenvalue weighted by Gasteiger charge is -2.45. The Morgan fingerprint density at radius 3 is 2.60 bits per heavy atom. The van der Waals surface area contributed by atoms with Gasteiger partial charge in [-0.2, -0.15) is 0 Å². The summed E-state index contributed by atoms with van der Waals surface area (Å²) in [7, 11) is 0. The molecule has 1 fully saturated rings. The van der Waals surface area contributed by atoms with Crippen molar-refractivity contribution in [1.82, 2.24) is 15.1 Å². The van der Waals surface area contributed by atoms with Gasteiger partial charge in [0, 0.05) is 18.7 Å². The number of aliphatic hydroxyl groups is 1. The normalized spacial score (nSPS) is 17.9. The Bertz CT molecular complexity index is 585. The molecule has 2 heterocycles. The van der Waals surface area contributed by atoms with E-state index in [2.05, 4.69) is 15.1 Å². The van der Waals surface area contributed by atoms with E-state index in [0.717, 1.165) is 12.0 Å². The van der Waals surface area contributed by atoms with E-state index in [1.165, 1.54) is 5.56 Å². The second-order valence-corrected chi connectivity index (χ2v) is 5.59. The maximum Gasteiger partial charge on any atom is 0.247 e. The Kier molecular flexibility index (Phi) is 3.31. The maximum absolute atomic E-state index is 9.97. The first-order chi connectivity index (χ1) is 9.58. The number of benzene rings is 1. The molecule has 0 unspecified atom stereocenters. The molecule has 20 heavy (non-hydrogen) atoms. The molecule has 1 N–H and O–H groups in total. The van der Waals surface area contributed by atoms with Crippen LogP contribution in [0.4, 0.5) is 0 Å². The smallest absolute Gasteiger partial charge is 0.247 e. The van der Waals surface area contributed by atoms with Crippen LogP contribution >= 0.6 is 0 Å². The van der Waals surface area contributed by atoms with Gasteiger partial charge in [0.15, 0.2) is 0 Å². The van der Waals surface area contributed by atoms with Gasteiger partial charge >= 0.3 is 0 Å². The molecule has 0 saturated carbocycles. The molecular formula is C15H19N3O2. The molecular weight excluding hydrogens is 254 g/mol. The van der Waals surface area contributed by atoms with E-state index in [0.29, 0.717) is 31.4 Å². The van der Waals surface area contributed by atoms with Crippen LogP contribution in [0.3, 0.4) is 0 Å². The van der Waals surface area contributed by atoms with Gasteiger partial charge in [-0.3, -0.25) is 4.90 Å². The Balaban J connectivity index is 1.64. The summed E-state index contributed by atoms with van der Waals surface area (Å²) >= 11 is 0. The molecule has 1 saturated heterocycles. The number of nitrogens with zero attached hydrogens (tertiary/aromatic N) is 3. The van der Waals surface area contributed by atoms with Gasteiger partial charge in [-0.15, -0.1) is 10.2 Å². The summed E-state index contributed by atoms with van der Waals surface area (Å²) in [6.45, 7) is 5.99. The minimum atomic E-state index is -0.528. The zero-order valence-corrected chi connectivity index (χ0v) is 11.8. The predicted molar refractivity (Wildman–Crippen MR) is 75.0 cm³/mol. The standard InChI is InChI=1S/C15H19N3O2/c1-3-15(19)9-18(10-15)8-13-16-17-14(20-13)12-6-4-11(2)5-7-12/h4-7,19H,3,8-10H2,1-2H3. The molecule has 0 amide bonds. The molecule has 0 aliphatic carbocycles. The summed E-state index contributed by atoms with van der Waals surface area (Å²) in [4.78, 5) is 2.11. The van der Waals surface area contributed by atoms with Crippen LogP contribution in [0.1, 0.15) is 24.8 Å². The lowest BCUT2D eigenvalue weighted by molar-refractivity contribution is -0.105. The fourth-order valence-electron chi connectivity index (χ4n) is 2.44. The van der Waals surface area contributed by atoms with Gasteiger partial charge < -0.3 is 9.52 Å². The lowest BCUT2D eigenvalue weighted by atomic mass is 9.91. The SMILES string of the molecule is CCC1(O)CN(Cc2nnc(-c3ccc(C)cc3)o2)C1. The highest BCUT2D eigenvalue weighted by Crippen LogP contribution is 2.26. The largest absolute Gasteiger partial charge is 0.419 e. The molecule has 5 heteroatoms. The van der Waals surface area contributed by atoms with Crippen LogP contribution in [0, 0.1) is 6.92 Å². The number of rotatable bonds is 4. The van der Waals surface area contributed by atoms with E-state index >= 15 is 0 Å². The second kappa shape index (κ2) is 5.00. The molecule has 0 atom stereocenters. The molecule has 2 aromatic rings. The van der Waals surface area contributed by atoms with Crippen LogP contribution in [0.5, 0.6) is 0 Å². The number of hydrogen-bond acceptors (Lipinski definition) is 5. The third-order valence-electron chi connectivity index (χ3n) is 3.82. The van der Waals surface area contributed by atoms with Crippen molar-refractivity contribution in [2.24, 2.45) is 0 Å². The summed E-state index contributed by atoms with van der Waals surface area (Å²) in [5.74, 6) is 1.14. The zero-order valence-electron chi connectivity index (χ0n) is 11.8. The molecule has 1 aromatic carbocycles. The van der Waals surface area contributed by atoms with E-state index in [1.54, 1.807) is 0 Å². The maximum atomic E-state index is 9.97. The highest BCUT2D eigenvalue weighted by atomic mass is 16.4. The number of aryl methyl sites for hydroxylation is 1. The van der Waals surface area contributed by atoms with E-state index < -0.39 is 5.60 Å². The third-order valence-corrected chi connectivity index (χ3v) is 3.82. The van der Waals surface area contributed by atoms with Crippen molar-refractivity contribution in [3.8, 4) is 11.5 Å². The number of likely N-dealkylation sites (tertiary alicyclic amines) is 1. The van der Waals surface area contributed by atoms with Crippen molar-refractivity contribution >= 4 is 0 Å². The minimum Gasteiger partial charge on any atom is -0.419 e. The number of β-amino-alcohol motifs (C(OH)–C–C–N with tert-alkyl or cyclic N) is 1. The first-order valence-corrected chi connectivity index (χ1v) is 6.92. The van der Waals surface area contributed by atoms with Crippen LogP contribution in [-0.4, -0.2) is 38.9 Å². The van der Waals surface area contributed by atoms with Gasteiger partial charge in [0.25, 0.3) is 0 Å². The lowest BCUT2D eigenvalue weighted by Crippen LogP contribution is -2.60. The van der Waals surface area contributed by atoms with Crippen molar-refractivity contribution in [3.63, 3.8) is 0 Å². The molecule has 1 aromatic heterocycles. The van der Waals surface area contributed by atoms with Crippen LogP contribution < -0.4 is 0 Å². The van der Waals surface area contributed by atoms with Crippen molar-refractivity contribution < 1.29 is 9.52 Å². The van der Waals surface area contributed by atoms with E-state index in [1.807, 2.05) is 38.1 Å². The Morgan fingerprint density at radius 1 is 1.25 bits per heavy atom. The zero-order chi connectivity index (χ0) is 14.2. The molecule has 0 bridgehead atoms. The quantitative estimate of drug-likeness (QED) is 0.923. The average Bonchev–Trinajstić information content (AvgIpc) is 2.86. The first-order valence-electron chi connectivity index (χ1n) is 6.92. The number of aromatic nitrogens is 2. The van der Waals surface area contributed by atoms with Crippen molar-refractivity contribution in [3.05, 3.63) is 35.7 Å². The summed E-state index contributed by atoms with van der Waals surface area (Å²) in [6.07, 6.45) is 0.780. The fraction of sp³-hybridized carbons (Fsp3) is 0.467. The molecule has 0 spiro atoms. The van der Waals surface area contributed by atoms with Gasteiger partial charge in [-0.05, 0) is 25.5 Å².